The molecular weight excluding hydrogens is 312 g/mol. The van der Waals surface area contributed by atoms with E-state index in [0.29, 0.717) is 43.9 Å². The lowest BCUT2D eigenvalue weighted by atomic mass is 10.2. The summed E-state index contributed by atoms with van der Waals surface area (Å²) in [6, 6.07) is 5.49. The van der Waals surface area contributed by atoms with Gasteiger partial charge in [-0.3, -0.25) is 4.79 Å². The summed E-state index contributed by atoms with van der Waals surface area (Å²) >= 11 is 0. The Morgan fingerprint density at radius 1 is 1.13 bits per heavy atom. The monoisotopic (exact) mass is 338 g/mol. The number of amides is 1. The van der Waals surface area contributed by atoms with Gasteiger partial charge in [-0.1, -0.05) is 19.1 Å². The first-order valence-corrected chi connectivity index (χ1v) is 9.65. The van der Waals surface area contributed by atoms with Gasteiger partial charge >= 0.3 is 0 Å². The Morgan fingerprint density at radius 2 is 1.87 bits per heavy atom. The van der Waals surface area contributed by atoms with Gasteiger partial charge in [-0.15, -0.1) is 0 Å². The van der Waals surface area contributed by atoms with Crippen LogP contribution in [0.2, 0.25) is 0 Å². The lowest BCUT2D eigenvalue weighted by molar-refractivity contribution is -0.131. The normalized spacial score (nSPS) is 17.1. The Hall–Kier alpha value is -1.40. The summed E-state index contributed by atoms with van der Waals surface area (Å²) in [7, 11) is -3.50. The van der Waals surface area contributed by atoms with Gasteiger partial charge in [0.15, 0.2) is 0 Å². The maximum absolute atomic E-state index is 12.9. The Kier molecular flexibility index (Phi) is 5.81. The lowest BCUT2D eigenvalue weighted by Crippen LogP contribution is -2.37. The van der Waals surface area contributed by atoms with Crippen LogP contribution < -0.4 is 0 Å². The largest absolute Gasteiger partial charge is 0.341 e. The second-order valence-electron chi connectivity index (χ2n) is 6.16. The summed E-state index contributed by atoms with van der Waals surface area (Å²) < 4.78 is 27.4. The first-order valence-electron chi connectivity index (χ1n) is 8.21. The zero-order chi connectivity index (χ0) is 17.0. The standard InChI is InChI=1S/C17H26N2O3S/c1-4-6-17(20)18-9-5-10-19(12-11-18)23(21,22)16-13-14(2)7-8-15(16)3/h7-8,13H,4-6,9-12H2,1-3H3. The van der Waals surface area contributed by atoms with Gasteiger partial charge in [0.05, 0.1) is 4.90 Å². The second kappa shape index (κ2) is 7.45. The molecule has 0 aromatic heterocycles. The highest BCUT2D eigenvalue weighted by molar-refractivity contribution is 7.89. The molecule has 23 heavy (non-hydrogen) atoms. The number of carbonyl (C=O) groups excluding carboxylic acids is 1. The molecule has 6 heteroatoms. The Bertz CT molecular complexity index is 670. The minimum Gasteiger partial charge on any atom is -0.341 e. The zero-order valence-corrected chi connectivity index (χ0v) is 15.0. The minimum atomic E-state index is -3.50. The predicted octanol–water partition coefficient (Wildman–Crippen LogP) is 2.33. The van der Waals surface area contributed by atoms with Crippen LogP contribution in [0, 0.1) is 13.8 Å². The predicted molar refractivity (Wildman–Crippen MR) is 90.8 cm³/mol. The van der Waals surface area contributed by atoms with Crippen molar-refractivity contribution in [2.24, 2.45) is 0 Å². The quantitative estimate of drug-likeness (QED) is 0.846. The van der Waals surface area contributed by atoms with Crippen molar-refractivity contribution in [3.05, 3.63) is 29.3 Å². The molecule has 0 unspecified atom stereocenters. The summed E-state index contributed by atoms with van der Waals surface area (Å²) in [5.74, 6) is 0.124. The summed E-state index contributed by atoms with van der Waals surface area (Å²) in [5, 5.41) is 0. The lowest BCUT2D eigenvalue weighted by Gasteiger charge is -2.22. The summed E-state index contributed by atoms with van der Waals surface area (Å²) in [6.07, 6.45) is 2.03. The molecule has 1 fully saturated rings. The van der Waals surface area contributed by atoms with E-state index in [1.54, 1.807) is 11.0 Å². The van der Waals surface area contributed by atoms with Crippen LogP contribution in [0.15, 0.2) is 23.1 Å². The van der Waals surface area contributed by atoms with Crippen LogP contribution in [0.4, 0.5) is 0 Å². The maximum atomic E-state index is 12.9. The molecule has 1 saturated heterocycles. The fourth-order valence-corrected chi connectivity index (χ4v) is 4.66. The molecule has 5 nitrogen and oxygen atoms in total. The highest BCUT2D eigenvalue weighted by Crippen LogP contribution is 2.22. The van der Waals surface area contributed by atoms with E-state index < -0.39 is 10.0 Å². The van der Waals surface area contributed by atoms with Gasteiger partial charge in [0.2, 0.25) is 15.9 Å². The molecule has 1 aromatic carbocycles. The minimum absolute atomic E-state index is 0.124. The van der Waals surface area contributed by atoms with E-state index in [1.165, 1.54) is 4.31 Å². The Balaban J connectivity index is 2.18. The van der Waals surface area contributed by atoms with Gasteiger partial charge in [0.25, 0.3) is 0 Å². The zero-order valence-electron chi connectivity index (χ0n) is 14.2. The fraction of sp³-hybridized carbons (Fsp3) is 0.588. The molecule has 1 amide bonds. The van der Waals surface area contributed by atoms with E-state index in [-0.39, 0.29) is 5.91 Å². The number of rotatable bonds is 4. The van der Waals surface area contributed by atoms with Crippen molar-refractivity contribution >= 4 is 15.9 Å². The van der Waals surface area contributed by atoms with E-state index >= 15 is 0 Å². The van der Waals surface area contributed by atoms with Crippen LogP contribution in [0.5, 0.6) is 0 Å². The third kappa shape index (κ3) is 4.12. The Morgan fingerprint density at radius 3 is 2.57 bits per heavy atom. The van der Waals surface area contributed by atoms with Crippen molar-refractivity contribution in [1.82, 2.24) is 9.21 Å². The van der Waals surface area contributed by atoms with Crippen molar-refractivity contribution in [1.29, 1.82) is 0 Å². The van der Waals surface area contributed by atoms with Gasteiger partial charge in [0.1, 0.15) is 0 Å². The van der Waals surface area contributed by atoms with Crippen molar-refractivity contribution in [2.45, 2.75) is 44.9 Å². The molecule has 1 aliphatic heterocycles. The van der Waals surface area contributed by atoms with Crippen LogP contribution in [-0.2, 0) is 14.8 Å². The van der Waals surface area contributed by atoms with Gasteiger partial charge in [-0.2, -0.15) is 4.31 Å². The molecular formula is C17H26N2O3S. The smallest absolute Gasteiger partial charge is 0.243 e. The molecule has 0 bridgehead atoms. The molecule has 0 N–H and O–H groups in total. The molecule has 2 rings (SSSR count). The number of aryl methyl sites for hydroxylation is 2. The molecule has 1 aliphatic rings. The van der Waals surface area contributed by atoms with E-state index in [9.17, 15) is 13.2 Å². The van der Waals surface area contributed by atoms with Gasteiger partial charge in [-0.25, -0.2) is 8.42 Å². The van der Waals surface area contributed by atoms with Crippen LogP contribution in [0.3, 0.4) is 0 Å². The highest BCUT2D eigenvalue weighted by Gasteiger charge is 2.29. The number of hydrogen-bond donors (Lipinski definition) is 0. The molecule has 0 spiro atoms. The van der Waals surface area contributed by atoms with E-state index in [2.05, 4.69) is 0 Å². The van der Waals surface area contributed by atoms with E-state index in [4.69, 9.17) is 0 Å². The molecule has 1 heterocycles. The number of sulfonamides is 1. The molecule has 0 radical (unpaired) electrons. The molecule has 128 valence electrons. The number of benzene rings is 1. The Labute approximate surface area is 139 Å². The average Bonchev–Trinajstić information content (AvgIpc) is 2.76. The second-order valence-corrected chi connectivity index (χ2v) is 8.06. The molecule has 0 saturated carbocycles. The molecule has 0 atom stereocenters. The first kappa shape index (κ1) is 17.9. The van der Waals surface area contributed by atoms with Crippen molar-refractivity contribution in [2.75, 3.05) is 26.2 Å². The van der Waals surface area contributed by atoms with E-state index in [1.807, 2.05) is 32.9 Å². The SMILES string of the molecule is CCCC(=O)N1CCCN(S(=O)(=O)c2cc(C)ccc2C)CC1. The summed E-state index contributed by atoms with van der Waals surface area (Å²) in [5.41, 5.74) is 1.70. The summed E-state index contributed by atoms with van der Waals surface area (Å²) in [6.45, 7) is 7.64. The third-order valence-electron chi connectivity index (χ3n) is 4.23. The molecule has 1 aromatic rings. The van der Waals surface area contributed by atoms with E-state index in [0.717, 1.165) is 17.5 Å². The average molecular weight is 338 g/mol. The van der Waals surface area contributed by atoms with Gasteiger partial charge < -0.3 is 4.90 Å². The van der Waals surface area contributed by atoms with Crippen LogP contribution in [0.25, 0.3) is 0 Å². The van der Waals surface area contributed by atoms with Crippen LogP contribution in [0.1, 0.15) is 37.3 Å². The fourth-order valence-electron chi connectivity index (χ4n) is 2.88. The molecule has 0 aliphatic carbocycles. The van der Waals surface area contributed by atoms with Crippen molar-refractivity contribution in [3.63, 3.8) is 0 Å². The summed E-state index contributed by atoms with van der Waals surface area (Å²) in [4.78, 5) is 14.2. The number of nitrogens with zero attached hydrogens (tertiary/aromatic N) is 2. The number of hydrogen-bond acceptors (Lipinski definition) is 3. The maximum Gasteiger partial charge on any atom is 0.243 e. The first-order chi connectivity index (χ1) is 10.9. The highest BCUT2D eigenvalue weighted by atomic mass is 32.2. The van der Waals surface area contributed by atoms with Crippen molar-refractivity contribution in [3.8, 4) is 0 Å². The third-order valence-corrected chi connectivity index (χ3v) is 6.27. The van der Waals surface area contributed by atoms with Crippen LogP contribution >= 0.6 is 0 Å². The van der Waals surface area contributed by atoms with Gasteiger partial charge in [-0.05, 0) is 43.9 Å². The topological polar surface area (TPSA) is 57.7 Å². The van der Waals surface area contributed by atoms with Crippen LogP contribution in [-0.4, -0.2) is 49.7 Å². The number of carbonyl (C=O) groups is 1. The van der Waals surface area contributed by atoms with Crippen molar-refractivity contribution < 1.29 is 13.2 Å². The van der Waals surface area contributed by atoms with Gasteiger partial charge in [0, 0.05) is 32.6 Å².